The summed E-state index contributed by atoms with van der Waals surface area (Å²) in [5.41, 5.74) is 0.360. The minimum absolute atomic E-state index is 0.0429. The van der Waals surface area contributed by atoms with Crippen molar-refractivity contribution in [3.05, 3.63) is 53.6 Å². The highest BCUT2D eigenvalue weighted by Gasteiger charge is 2.37. The molecule has 0 aliphatic carbocycles. The molecular formula is C24H31ClN2O5S. The van der Waals surface area contributed by atoms with Crippen LogP contribution in [0.4, 0.5) is 10.5 Å². The van der Waals surface area contributed by atoms with Crippen LogP contribution in [0.5, 0.6) is 5.75 Å². The number of hydrogen-bond acceptors (Lipinski definition) is 6. The number of piperazine rings is 1. The Morgan fingerprint density at radius 3 is 2.36 bits per heavy atom. The third kappa shape index (κ3) is 6.77. The highest BCUT2D eigenvalue weighted by atomic mass is 35.5. The molecule has 2 atom stereocenters. The van der Waals surface area contributed by atoms with Crippen LogP contribution in [0.15, 0.2) is 53.4 Å². The van der Waals surface area contributed by atoms with Crippen molar-refractivity contribution in [2.75, 3.05) is 30.9 Å². The van der Waals surface area contributed by atoms with Crippen LogP contribution in [-0.4, -0.2) is 63.0 Å². The molecule has 0 bridgehead atoms. The van der Waals surface area contributed by atoms with Gasteiger partial charge in [0, 0.05) is 36.1 Å². The summed E-state index contributed by atoms with van der Waals surface area (Å²) in [4.78, 5) is 17.1. The first-order valence-corrected chi connectivity index (χ1v) is 13.1. The Kier molecular flexibility index (Phi) is 7.49. The molecule has 33 heavy (non-hydrogen) atoms. The second-order valence-corrected chi connectivity index (χ2v) is 11.8. The van der Waals surface area contributed by atoms with Gasteiger partial charge in [0.05, 0.1) is 10.9 Å². The van der Waals surface area contributed by atoms with E-state index < -0.39 is 15.4 Å². The van der Waals surface area contributed by atoms with E-state index >= 15 is 0 Å². The minimum atomic E-state index is -3.28. The highest BCUT2D eigenvalue weighted by Crippen LogP contribution is 2.27. The van der Waals surface area contributed by atoms with E-state index in [1.54, 1.807) is 17.0 Å². The van der Waals surface area contributed by atoms with Gasteiger partial charge in [0.25, 0.3) is 0 Å². The van der Waals surface area contributed by atoms with Gasteiger partial charge in [-0.3, -0.25) is 4.90 Å². The summed E-state index contributed by atoms with van der Waals surface area (Å²) < 4.78 is 35.0. The van der Waals surface area contributed by atoms with Gasteiger partial charge >= 0.3 is 6.09 Å². The molecule has 180 valence electrons. The standard InChI is InChI=1S/C24H31ClN2O5S/c1-17-14-27(23(28)32-24(2,3)4)20(15-26(17)19-8-6-7-18(25)13-19)16-31-21-9-11-22(12-10-21)33(5,29)30/h6-13,17,20H,14-16H2,1-5H3. The normalized spacial score (nSPS) is 19.3. The van der Waals surface area contributed by atoms with Crippen molar-refractivity contribution in [1.82, 2.24) is 4.90 Å². The van der Waals surface area contributed by atoms with E-state index in [0.717, 1.165) is 11.9 Å². The molecular weight excluding hydrogens is 464 g/mol. The molecule has 0 aromatic heterocycles. The third-order valence-corrected chi connectivity index (χ3v) is 6.67. The molecule has 9 heteroatoms. The topological polar surface area (TPSA) is 76.1 Å². The highest BCUT2D eigenvalue weighted by molar-refractivity contribution is 7.90. The number of carbonyl (C=O) groups excluding carboxylic acids is 1. The van der Waals surface area contributed by atoms with Crippen LogP contribution in [-0.2, 0) is 14.6 Å². The lowest BCUT2D eigenvalue weighted by atomic mass is 10.1. The van der Waals surface area contributed by atoms with Gasteiger partial charge in [-0.05, 0) is 70.2 Å². The molecule has 1 aliphatic heterocycles. The number of anilines is 1. The van der Waals surface area contributed by atoms with Crippen LogP contribution in [0.2, 0.25) is 5.02 Å². The minimum Gasteiger partial charge on any atom is -0.491 e. The second kappa shape index (κ2) is 9.81. The fourth-order valence-corrected chi connectivity index (χ4v) is 4.53. The molecule has 0 N–H and O–H groups in total. The fourth-order valence-electron chi connectivity index (χ4n) is 3.71. The monoisotopic (exact) mass is 494 g/mol. The van der Waals surface area contributed by atoms with Crippen LogP contribution >= 0.6 is 11.6 Å². The average molecular weight is 495 g/mol. The number of sulfone groups is 1. The van der Waals surface area contributed by atoms with Crippen molar-refractivity contribution in [3.63, 3.8) is 0 Å². The number of ether oxygens (including phenoxy) is 2. The molecule has 0 spiro atoms. The number of carbonyl (C=O) groups is 1. The van der Waals surface area contributed by atoms with Crippen molar-refractivity contribution in [2.24, 2.45) is 0 Å². The smallest absolute Gasteiger partial charge is 0.410 e. The molecule has 1 aliphatic rings. The average Bonchev–Trinajstić information content (AvgIpc) is 2.71. The van der Waals surface area contributed by atoms with E-state index in [1.807, 2.05) is 45.0 Å². The zero-order valence-corrected chi connectivity index (χ0v) is 21.2. The molecule has 0 saturated carbocycles. The van der Waals surface area contributed by atoms with Gasteiger partial charge in [-0.25, -0.2) is 13.2 Å². The van der Waals surface area contributed by atoms with Crippen LogP contribution in [0, 0.1) is 0 Å². The number of amides is 1. The van der Waals surface area contributed by atoms with Gasteiger partial charge in [-0.15, -0.1) is 0 Å². The Balaban J connectivity index is 1.81. The van der Waals surface area contributed by atoms with E-state index in [9.17, 15) is 13.2 Å². The molecule has 7 nitrogen and oxygen atoms in total. The summed E-state index contributed by atoms with van der Waals surface area (Å²) in [5.74, 6) is 0.527. The van der Waals surface area contributed by atoms with Gasteiger partial charge in [0.2, 0.25) is 0 Å². The Labute approximate surface area is 201 Å². The zero-order chi connectivity index (χ0) is 24.4. The molecule has 1 fully saturated rings. The molecule has 1 amide bonds. The van der Waals surface area contributed by atoms with Crippen LogP contribution in [0.25, 0.3) is 0 Å². The number of halogens is 1. The summed E-state index contributed by atoms with van der Waals surface area (Å²) in [6, 6.07) is 13.6. The molecule has 1 heterocycles. The fraction of sp³-hybridized carbons (Fsp3) is 0.458. The molecule has 2 unspecified atom stereocenters. The molecule has 1 saturated heterocycles. The predicted octanol–water partition coefficient (Wildman–Crippen LogP) is 4.64. The first-order chi connectivity index (χ1) is 15.3. The second-order valence-electron chi connectivity index (χ2n) is 9.32. The maximum absolute atomic E-state index is 13.0. The molecule has 3 rings (SSSR count). The van der Waals surface area contributed by atoms with E-state index in [0.29, 0.717) is 23.9 Å². The van der Waals surface area contributed by atoms with Crippen LogP contribution in [0.3, 0.4) is 0 Å². The molecule has 0 radical (unpaired) electrons. The zero-order valence-electron chi connectivity index (χ0n) is 19.6. The summed E-state index contributed by atoms with van der Waals surface area (Å²) in [7, 11) is -3.28. The van der Waals surface area contributed by atoms with E-state index in [-0.39, 0.29) is 29.7 Å². The number of hydrogen-bond donors (Lipinski definition) is 0. The number of rotatable bonds is 5. The Hall–Kier alpha value is -2.45. The number of nitrogens with zero attached hydrogens (tertiary/aromatic N) is 2. The lowest BCUT2D eigenvalue weighted by Gasteiger charge is -2.46. The van der Waals surface area contributed by atoms with Crippen LogP contribution in [0.1, 0.15) is 27.7 Å². The van der Waals surface area contributed by atoms with E-state index in [2.05, 4.69) is 11.8 Å². The number of benzene rings is 2. The summed E-state index contributed by atoms with van der Waals surface area (Å²) in [6.07, 6.45) is 0.774. The van der Waals surface area contributed by atoms with Crippen LogP contribution < -0.4 is 9.64 Å². The lowest BCUT2D eigenvalue weighted by Crippen LogP contribution is -2.61. The first kappa shape index (κ1) is 25.2. The molecule has 2 aromatic rings. The van der Waals surface area contributed by atoms with Crippen molar-refractivity contribution in [3.8, 4) is 5.75 Å². The van der Waals surface area contributed by atoms with Crippen molar-refractivity contribution < 1.29 is 22.7 Å². The lowest BCUT2D eigenvalue weighted by molar-refractivity contribution is 0.00525. The van der Waals surface area contributed by atoms with E-state index in [1.165, 1.54) is 12.1 Å². The van der Waals surface area contributed by atoms with Gasteiger partial charge in [0.15, 0.2) is 9.84 Å². The quantitative estimate of drug-likeness (QED) is 0.602. The van der Waals surface area contributed by atoms with Gasteiger partial charge < -0.3 is 14.4 Å². The SMILES string of the molecule is CC1CN(C(=O)OC(C)(C)C)C(COc2ccc(S(C)(=O)=O)cc2)CN1c1cccc(Cl)c1. The van der Waals surface area contributed by atoms with E-state index in [4.69, 9.17) is 21.1 Å². The first-order valence-electron chi connectivity index (χ1n) is 10.8. The van der Waals surface area contributed by atoms with Gasteiger partial charge in [-0.2, -0.15) is 0 Å². The summed E-state index contributed by atoms with van der Waals surface area (Å²) in [5, 5.41) is 0.646. The predicted molar refractivity (Wildman–Crippen MR) is 130 cm³/mol. The Bertz CT molecular complexity index is 1080. The summed E-state index contributed by atoms with van der Waals surface area (Å²) >= 11 is 6.21. The Morgan fingerprint density at radius 2 is 1.79 bits per heavy atom. The van der Waals surface area contributed by atoms with Crippen molar-refractivity contribution in [2.45, 2.75) is 50.3 Å². The summed E-state index contributed by atoms with van der Waals surface area (Å²) in [6.45, 7) is 8.79. The maximum atomic E-state index is 13.0. The van der Waals surface area contributed by atoms with Crippen molar-refractivity contribution in [1.29, 1.82) is 0 Å². The van der Waals surface area contributed by atoms with Gasteiger partial charge in [-0.1, -0.05) is 17.7 Å². The van der Waals surface area contributed by atoms with Gasteiger partial charge in [0.1, 0.15) is 18.0 Å². The third-order valence-electron chi connectivity index (χ3n) is 5.30. The largest absolute Gasteiger partial charge is 0.491 e. The maximum Gasteiger partial charge on any atom is 0.410 e. The van der Waals surface area contributed by atoms with Crippen molar-refractivity contribution >= 4 is 33.2 Å². The molecule has 2 aromatic carbocycles. The Morgan fingerprint density at radius 1 is 1.12 bits per heavy atom.